The summed E-state index contributed by atoms with van der Waals surface area (Å²) in [5.74, 6) is -1.70. The fraction of sp³-hybridized carbons (Fsp3) is 0.0769. The lowest BCUT2D eigenvalue weighted by atomic mass is 10.2. The molecule has 92 valence electrons. The van der Waals surface area contributed by atoms with Crippen molar-refractivity contribution >= 4 is 5.97 Å². The zero-order valence-electron chi connectivity index (χ0n) is 9.55. The molecule has 0 fully saturated rings. The summed E-state index contributed by atoms with van der Waals surface area (Å²) in [5.41, 5.74) is 0.114. The molecule has 0 unspecified atom stereocenters. The highest BCUT2D eigenvalue weighted by molar-refractivity contribution is 5.87. The van der Waals surface area contributed by atoms with Crippen LogP contribution in [0.4, 0.5) is 4.39 Å². The summed E-state index contributed by atoms with van der Waals surface area (Å²) >= 11 is 0. The second-order valence-corrected chi connectivity index (χ2v) is 3.89. The predicted octanol–water partition coefficient (Wildman–Crippen LogP) is 1.98. The molecule has 0 aliphatic carbocycles. The first-order chi connectivity index (χ1) is 8.49. The van der Waals surface area contributed by atoms with Gasteiger partial charge in [-0.05, 0) is 42.8 Å². The van der Waals surface area contributed by atoms with Gasteiger partial charge in [0.2, 0.25) is 0 Å². The molecule has 1 aromatic heterocycles. The second-order valence-electron chi connectivity index (χ2n) is 3.89. The number of carbonyl (C=O) groups is 1. The van der Waals surface area contributed by atoms with Crippen molar-refractivity contribution in [3.05, 3.63) is 63.8 Å². The standard InChI is InChI=1S/C13H10FNO3/c1-8-6-11(13(17)18)12(16)15(7-8)10-4-2-9(14)3-5-10/h2-7H,1H3,(H,17,18). The van der Waals surface area contributed by atoms with Crippen molar-refractivity contribution in [3.63, 3.8) is 0 Å². The van der Waals surface area contributed by atoms with Gasteiger partial charge in [-0.15, -0.1) is 0 Å². The number of hydrogen-bond donors (Lipinski definition) is 1. The molecule has 5 heteroatoms. The van der Waals surface area contributed by atoms with Crippen LogP contribution >= 0.6 is 0 Å². The molecule has 2 rings (SSSR count). The third-order valence-electron chi connectivity index (χ3n) is 2.49. The minimum Gasteiger partial charge on any atom is -0.477 e. The summed E-state index contributed by atoms with van der Waals surface area (Å²) in [7, 11) is 0. The molecule has 0 bridgehead atoms. The third-order valence-corrected chi connectivity index (χ3v) is 2.49. The van der Waals surface area contributed by atoms with Crippen LogP contribution < -0.4 is 5.56 Å². The Labute approximate surface area is 102 Å². The summed E-state index contributed by atoms with van der Waals surface area (Å²) in [5, 5.41) is 8.93. The highest BCUT2D eigenvalue weighted by Gasteiger charge is 2.12. The van der Waals surface area contributed by atoms with E-state index in [2.05, 4.69) is 0 Å². The van der Waals surface area contributed by atoms with Crippen LogP contribution in [0, 0.1) is 12.7 Å². The van der Waals surface area contributed by atoms with Crippen molar-refractivity contribution in [1.29, 1.82) is 0 Å². The maximum absolute atomic E-state index is 12.8. The van der Waals surface area contributed by atoms with Crippen molar-refractivity contribution in [2.75, 3.05) is 0 Å². The Bertz CT molecular complexity index is 659. The first kappa shape index (κ1) is 12.0. The van der Waals surface area contributed by atoms with E-state index in [1.54, 1.807) is 6.92 Å². The van der Waals surface area contributed by atoms with Gasteiger partial charge in [0.05, 0.1) is 0 Å². The van der Waals surface area contributed by atoms with Crippen LogP contribution in [0.5, 0.6) is 0 Å². The van der Waals surface area contributed by atoms with E-state index < -0.39 is 17.3 Å². The monoisotopic (exact) mass is 247 g/mol. The number of halogens is 1. The summed E-state index contributed by atoms with van der Waals surface area (Å²) < 4.78 is 14.0. The van der Waals surface area contributed by atoms with Crippen LogP contribution in [0.2, 0.25) is 0 Å². The number of rotatable bonds is 2. The number of hydrogen-bond acceptors (Lipinski definition) is 2. The molecule has 0 spiro atoms. The third kappa shape index (κ3) is 2.15. The van der Waals surface area contributed by atoms with Gasteiger partial charge in [-0.2, -0.15) is 0 Å². The van der Waals surface area contributed by atoms with Crippen LogP contribution in [-0.2, 0) is 0 Å². The van der Waals surface area contributed by atoms with Gasteiger partial charge in [0.25, 0.3) is 5.56 Å². The van der Waals surface area contributed by atoms with Gasteiger partial charge in [-0.3, -0.25) is 9.36 Å². The Morgan fingerprint density at radius 3 is 2.44 bits per heavy atom. The molecule has 0 saturated carbocycles. The van der Waals surface area contributed by atoms with Crippen molar-refractivity contribution in [2.24, 2.45) is 0 Å². The minimum absolute atomic E-state index is 0.306. The smallest absolute Gasteiger partial charge is 0.341 e. The maximum Gasteiger partial charge on any atom is 0.341 e. The number of carboxylic acid groups (broad SMARTS) is 1. The van der Waals surface area contributed by atoms with E-state index >= 15 is 0 Å². The Kier molecular flexibility index (Phi) is 2.97. The van der Waals surface area contributed by atoms with E-state index in [1.165, 1.54) is 41.1 Å². The number of aromatic nitrogens is 1. The molecule has 1 N–H and O–H groups in total. The number of benzene rings is 1. The Balaban J connectivity index is 2.68. The summed E-state index contributed by atoms with van der Waals surface area (Å²) in [6, 6.07) is 6.57. The number of aromatic carboxylic acids is 1. The van der Waals surface area contributed by atoms with Crippen molar-refractivity contribution in [3.8, 4) is 5.69 Å². The topological polar surface area (TPSA) is 59.3 Å². The van der Waals surface area contributed by atoms with Crippen LogP contribution in [-0.4, -0.2) is 15.6 Å². The fourth-order valence-electron chi connectivity index (χ4n) is 1.67. The van der Waals surface area contributed by atoms with Crippen molar-refractivity contribution in [2.45, 2.75) is 6.92 Å². The van der Waals surface area contributed by atoms with E-state index in [0.717, 1.165) is 0 Å². The molecule has 2 aromatic rings. The van der Waals surface area contributed by atoms with Gasteiger partial charge >= 0.3 is 5.97 Å². The average Bonchev–Trinajstić information content (AvgIpc) is 2.32. The zero-order valence-corrected chi connectivity index (χ0v) is 9.55. The molecular weight excluding hydrogens is 237 g/mol. The number of carboxylic acids is 1. The van der Waals surface area contributed by atoms with Gasteiger partial charge in [-0.1, -0.05) is 0 Å². The van der Waals surface area contributed by atoms with Crippen molar-refractivity contribution in [1.82, 2.24) is 4.57 Å². The Morgan fingerprint density at radius 1 is 1.28 bits per heavy atom. The predicted molar refractivity (Wildman–Crippen MR) is 63.7 cm³/mol. The summed E-state index contributed by atoms with van der Waals surface area (Å²) in [6.45, 7) is 1.69. The lowest BCUT2D eigenvalue weighted by molar-refractivity contribution is 0.0694. The quantitative estimate of drug-likeness (QED) is 0.882. The van der Waals surface area contributed by atoms with Crippen LogP contribution in [0.3, 0.4) is 0 Å². The zero-order chi connectivity index (χ0) is 13.3. The van der Waals surface area contributed by atoms with E-state index in [1.807, 2.05) is 0 Å². The van der Waals surface area contributed by atoms with Crippen LogP contribution in [0.15, 0.2) is 41.3 Å². The number of aryl methyl sites for hydroxylation is 1. The van der Waals surface area contributed by atoms with Gasteiger partial charge in [0.1, 0.15) is 11.4 Å². The summed E-state index contributed by atoms with van der Waals surface area (Å²) in [4.78, 5) is 22.9. The van der Waals surface area contributed by atoms with Crippen molar-refractivity contribution < 1.29 is 14.3 Å². The molecule has 0 saturated heterocycles. The molecule has 1 aromatic carbocycles. The van der Waals surface area contributed by atoms with Crippen LogP contribution in [0.25, 0.3) is 5.69 Å². The van der Waals surface area contributed by atoms with Gasteiger partial charge in [-0.25, -0.2) is 9.18 Å². The molecule has 0 atom stereocenters. The average molecular weight is 247 g/mol. The van der Waals surface area contributed by atoms with E-state index in [4.69, 9.17) is 5.11 Å². The number of pyridine rings is 1. The summed E-state index contributed by atoms with van der Waals surface area (Å²) in [6.07, 6.45) is 1.52. The SMILES string of the molecule is Cc1cc(C(=O)O)c(=O)n(-c2ccc(F)cc2)c1. The van der Waals surface area contributed by atoms with E-state index in [-0.39, 0.29) is 5.56 Å². The van der Waals surface area contributed by atoms with Gasteiger partial charge < -0.3 is 5.11 Å². The minimum atomic E-state index is -1.28. The first-order valence-electron chi connectivity index (χ1n) is 5.21. The Morgan fingerprint density at radius 2 is 1.89 bits per heavy atom. The largest absolute Gasteiger partial charge is 0.477 e. The van der Waals surface area contributed by atoms with Gasteiger partial charge in [0, 0.05) is 11.9 Å². The maximum atomic E-state index is 12.8. The first-order valence-corrected chi connectivity index (χ1v) is 5.21. The molecule has 0 aliphatic heterocycles. The molecule has 0 aliphatic rings. The second kappa shape index (κ2) is 4.44. The van der Waals surface area contributed by atoms with E-state index in [0.29, 0.717) is 11.3 Å². The lowest BCUT2D eigenvalue weighted by Gasteiger charge is -2.08. The number of nitrogens with zero attached hydrogens (tertiary/aromatic N) is 1. The Hall–Kier alpha value is -2.43. The molecule has 0 radical (unpaired) electrons. The lowest BCUT2D eigenvalue weighted by Crippen LogP contribution is -2.25. The molecular formula is C13H10FNO3. The molecule has 18 heavy (non-hydrogen) atoms. The molecule has 1 heterocycles. The highest BCUT2D eigenvalue weighted by Crippen LogP contribution is 2.09. The normalized spacial score (nSPS) is 10.3. The van der Waals surface area contributed by atoms with E-state index in [9.17, 15) is 14.0 Å². The fourth-order valence-corrected chi connectivity index (χ4v) is 1.67. The van der Waals surface area contributed by atoms with Gasteiger partial charge in [0.15, 0.2) is 0 Å². The molecule has 0 amide bonds. The highest BCUT2D eigenvalue weighted by atomic mass is 19.1. The molecule has 4 nitrogen and oxygen atoms in total. The van der Waals surface area contributed by atoms with Crippen LogP contribution in [0.1, 0.15) is 15.9 Å².